The van der Waals surface area contributed by atoms with Crippen molar-refractivity contribution < 1.29 is 35.9 Å². The van der Waals surface area contributed by atoms with Gasteiger partial charge in [0, 0.05) is 36.4 Å². The second-order valence-electron chi connectivity index (χ2n) is 9.10. The third-order valence-electron chi connectivity index (χ3n) is 6.30. The van der Waals surface area contributed by atoms with E-state index < -0.39 is 23.5 Å². The van der Waals surface area contributed by atoms with Gasteiger partial charge >= 0.3 is 12.4 Å². The molecule has 4 rings (SSSR count). The standard InChI is InChI=1S/C20H22F6N2O2.C3H8.C2H2/c21-19(22,23)12-3-10(4-13(6-12)20(24,25)26)7-27-18(29)11-1-2-14(5-11)28-17-15-8-30-9-16(15)17;1-3-2;1-2/h3-4,6,11,14-17,28H,1-2,5,7-9H2,(H,27,29);3H2,1-2H3;1-2H/t11-,14+,15?,16?,17?;;/m0../s1. The summed E-state index contributed by atoms with van der Waals surface area (Å²) in [5.41, 5.74) is -3.00. The zero-order valence-electron chi connectivity index (χ0n) is 19.8. The lowest BCUT2D eigenvalue weighted by Gasteiger charge is -2.16. The molecule has 0 aromatic heterocycles. The maximum atomic E-state index is 12.9. The van der Waals surface area contributed by atoms with Crippen LogP contribution < -0.4 is 10.6 Å². The maximum Gasteiger partial charge on any atom is 0.416 e. The first-order chi connectivity index (χ1) is 16.4. The second kappa shape index (κ2) is 12.1. The fourth-order valence-electron chi connectivity index (χ4n) is 4.59. The molecule has 1 aromatic carbocycles. The van der Waals surface area contributed by atoms with Crippen molar-refractivity contribution in [2.24, 2.45) is 17.8 Å². The van der Waals surface area contributed by atoms with Gasteiger partial charge < -0.3 is 15.4 Å². The molecule has 0 bridgehead atoms. The highest BCUT2D eigenvalue weighted by Crippen LogP contribution is 2.45. The van der Waals surface area contributed by atoms with E-state index in [4.69, 9.17) is 4.74 Å². The van der Waals surface area contributed by atoms with Crippen LogP contribution in [-0.4, -0.2) is 31.2 Å². The SMILES string of the molecule is C#C.CCC.O=C(NCc1cc(C(F)(F)F)cc(C(F)(F)F)c1)[C@H]1CC[C@@H](NC2C3COCC32)C1. The molecular formula is C25H32F6N2O2. The molecule has 3 aliphatic rings. The first-order valence-electron chi connectivity index (χ1n) is 11.7. The van der Waals surface area contributed by atoms with Gasteiger partial charge in [-0.2, -0.15) is 26.3 Å². The van der Waals surface area contributed by atoms with Crippen molar-refractivity contribution in [1.82, 2.24) is 10.6 Å². The average molecular weight is 507 g/mol. The molecule has 2 saturated carbocycles. The third-order valence-corrected chi connectivity index (χ3v) is 6.30. The molecule has 0 spiro atoms. The Morgan fingerprint density at radius 1 is 0.971 bits per heavy atom. The number of nitrogens with one attached hydrogen (secondary N) is 2. The molecule has 2 unspecified atom stereocenters. The summed E-state index contributed by atoms with van der Waals surface area (Å²) in [5, 5.41) is 6.06. The molecule has 0 radical (unpaired) electrons. The van der Waals surface area contributed by atoms with E-state index in [1.807, 2.05) is 0 Å². The number of rotatable bonds is 5. The Morgan fingerprint density at radius 2 is 1.49 bits per heavy atom. The van der Waals surface area contributed by atoms with Gasteiger partial charge in [-0.1, -0.05) is 20.3 Å². The van der Waals surface area contributed by atoms with Gasteiger partial charge in [-0.05, 0) is 43.0 Å². The van der Waals surface area contributed by atoms with Crippen LogP contribution in [-0.2, 0) is 28.4 Å². The molecule has 1 heterocycles. The van der Waals surface area contributed by atoms with E-state index in [-0.39, 0.29) is 36.0 Å². The number of halogens is 6. The lowest BCUT2D eigenvalue weighted by molar-refractivity contribution is -0.143. The van der Waals surface area contributed by atoms with Gasteiger partial charge in [0.25, 0.3) is 0 Å². The first-order valence-corrected chi connectivity index (χ1v) is 11.7. The second-order valence-corrected chi connectivity index (χ2v) is 9.10. The predicted molar refractivity (Wildman–Crippen MR) is 120 cm³/mol. The number of hydrogen-bond donors (Lipinski definition) is 2. The van der Waals surface area contributed by atoms with Gasteiger partial charge in [-0.15, -0.1) is 12.8 Å². The molecule has 3 fully saturated rings. The van der Waals surface area contributed by atoms with Crippen molar-refractivity contribution in [2.45, 2.75) is 70.5 Å². The number of ether oxygens (including phenoxy) is 1. The molecule has 35 heavy (non-hydrogen) atoms. The number of hydrogen-bond acceptors (Lipinski definition) is 3. The van der Waals surface area contributed by atoms with E-state index in [1.165, 1.54) is 6.42 Å². The Labute approximate surface area is 202 Å². The number of benzene rings is 1. The molecule has 1 aliphatic heterocycles. The van der Waals surface area contributed by atoms with Crippen molar-refractivity contribution >= 4 is 5.91 Å². The Morgan fingerprint density at radius 3 is 1.97 bits per heavy atom. The number of fused-ring (bicyclic) bond motifs is 1. The molecule has 10 heteroatoms. The molecular weight excluding hydrogens is 474 g/mol. The van der Waals surface area contributed by atoms with Crippen LogP contribution in [0.25, 0.3) is 0 Å². The third kappa shape index (κ3) is 7.87. The first kappa shape index (κ1) is 29.0. The van der Waals surface area contributed by atoms with Gasteiger partial charge in [0.2, 0.25) is 5.91 Å². The summed E-state index contributed by atoms with van der Waals surface area (Å²) < 4.78 is 83.0. The van der Waals surface area contributed by atoms with Crippen molar-refractivity contribution in [3.8, 4) is 12.8 Å². The Kier molecular flexibility index (Phi) is 10.0. The minimum Gasteiger partial charge on any atom is -0.381 e. The topological polar surface area (TPSA) is 50.4 Å². The van der Waals surface area contributed by atoms with Gasteiger partial charge in [0.05, 0.1) is 24.3 Å². The van der Waals surface area contributed by atoms with Gasteiger partial charge in [-0.3, -0.25) is 4.79 Å². The minimum absolute atomic E-state index is 0.0802. The summed E-state index contributed by atoms with van der Waals surface area (Å²) in [6.07, 6.45) is 1.50. The lowest BCUT2D eigenvalue weighted by Crippen LogP contribution is -2.34. The van der Waals surface area contributed by atoms with Crippen LogP contribution >= 0.6 is 0 Å². The molecule has 1 aromatic rings. The minimum atomic E-state index is -4.91. The highest BCUT2D eigenvalue weighted by molar-refractivity contribution is 5.79. The zero-order chi connectivity index (χ0) is 26.4. The van der Waals surface area contributed by atoms with Gasteiger partial charge in [0.1, 0.15) is 0 Å². The van der Waals surface area contributed by atoms with E-state index in [0.29, 0.717) is 42.9 Å². The fraction of sp³-hybridized carbons (Fsp3) is 0.640. The summed E-state index contributed by atoms with van der Waals surface area (Å²) in [6, 6.07) is 1.99. The van der Waals surface area contributed by atoms with E-state index in [0.717, 1.165) is 19.6 Å². The molecule has 196 valence electrons. The number of amides is 1. The molecule has 4 nitrogen and oxygen atoms in total. The van der Waals surface area contributed by atoms with Crippen molar-refractivity contribution in [2.75, 3.05) is 13.2 Å². The van der Waals surface area contributed by atoms with E-state index >= 15 is 0 Å². The van der Waals surface area contributed by atoms with Crippen LogP contribution in [0.1, 0.15) is 56.2 Å². The van der Waals surface area contributed by atoms with Gasteiger partial charge in [0.15, 0.2) is 0 Å². The van der Waals surface area contributed by atoms with Crippen LogP contribution in [0.4, 0.5) is 26.3 Å². The fourth-order valence-corrected chi connectivity index (χ4v) is 4.59. The van der Waals surface area contributed by atoms with Crippen molar-refractivity contribution in [3.05, 3.63) is 34.9 Å². The highest BCUT2D eigenvalue weighted by atomic mass is 19.4. The lowest BCUT2D eigenvalue weighted by atomic mass is 10.0. The molecule has 2 N–H and O–H groups in total. The largest absolute Gasteiger partial charge is 0.416 e. The van der Waals surface area contributed by atoms with Crippen LogP contribution in [0.3, 0.4) is 0 Å². The van der Waals surface area contributed by atoms with Crippen molar-refractivity contribution in [3.63, 3.8) is 0 Å². The maximum absolute atomic E-state index is 12.9. The van der Waals surface area contributed by atoms with E-state index in [1.54, 1.807) is 0 Å². The van der Waals surface area contributed by atoms with Gasteiger partial charge in [-0.25, -0.2) is 0 Å². The molecule has 1 saturated heterocycles. The normalized spacial score (nSPS) is 27.1. The monoisotopic (exact) mass is 506 g/mol. The molecule has 2 aliphatic carbocycles. The number of carbonyl (C=O) groups is 1. The Hall–Kier alpha value is -2.25. The van der Waals surface area contributed by atoms with Crippen LogP contribution in [0, 0.1) is 30.6 Å². The van der Waals surface area contributed by atoms with E-state index in [9.17, 15) is 31.1 Å². The number of alkyl halides is 6. The Balaban J connectivity index is 0.000000803. The summed E-state index contributed by atoms with van der Waals surface area (Å²) >= 11 is 0. The quantitative estimate of drug-likeness (QED) is 0.415. The van der Waals surface area contributed by atoms with Crippen molar-refractivity contribution in [1.29, 1.82) is 0 Å². The number of terminal acetylenes is 1. The predicted octanol–water partition coefficient (Wildman–Crippen LogP) is 5.41. The Bertz CT molecular complexity index is 825. The summed E-state index contributed by atoms with van der Waals surface area (Å²) in [4.78, 5) is 12.4. The smallest absolute Gasteiger partial charge is 0.381 e. The van der Waals surface area contributed by atoms with Crippen LogP contribution in [0.2, 0.25) is 0 Å². The average Bonchev–Trinajstić information content (AvgIpc) is 3.17. The van der Waals surface area contributed by atoms with Crippen LogP contribution in [0.15, 0.2) is 18.2 Å². The summed E-state index contributed by atoms with van der Waals surface area (Å²) in [6.45, 7) is 5.39. The highest BCUT2D eigenvalue weighted by Gasteiger charge is 2.54. The van der Waals surface area contributed by atoms with E-state index in [2.05, 4.69) is 37.3 Å². The van der Waals surface area contributed by atoms with Crippen LogP contribution in [0.5, 0.6) is 0 Å². The zero-order valence-corrected chi connectivity index (χ0v) is 19.8. The number of carbonyl (C=O) groups excluding carboxylic acids is 1. The molecule has 4 atom stereocenters. The molecule has 1 amide bonds. The summed E-state index contributed by atoms with van der Waals surface area (Å²) in [5.74, 6) is 0.443. The summed E-state index contributed by atoms with van der Waals surface area (Å²) in [7, 11) is 0.